The molecule has 3 aromatic carbocycles. The first kappa shape index (κ1) is 27.4. The van der Waals surface area contributed by atoms with E-state index in [0.717, 1.165) is 71.6 Å². The largest absolute Gasteiger partial charge is 0.438 e. The monoisotopic (exact) mass is 562 g/mol. The van der Waals surface area contributed by atoms with E-state index in [0.29, 0.717) is 28.1 Å². The molecule has 4 aromatic rings. The molecule has 5 rings (SSSR count). The number of halogens is 2. The molecule has 39 heavy (non-hydrogen) atoms. The van der Waals surface area contributed by atoms with Crippen molar-refractivity contribution in [3.8, 4) is 11.6 Å². The molecule has 1 aliphatic heterocycles. The Morgan fingerprint density at radius 3 is 2.38 bits per heavy atom. The summed E-state index contributed by atoms with van der Waals surface area (Å²) in [7, 11) is 0. The average Bonchev–Trinajstić information content (AvgIpc) is 2.91. The van der Waals surface area contributed by atoms with Crippen LogP contribution in [0.1, 0.15) is 29.2 Å². The number of aryl methyl sites for hydroxylation is 2. The molecule has 1 saturated heterocycles. The Morgan fingerprint density at radius 1 is 0.897 bits per heavy atom. The number of benzene rings is 3. The summed E-state index contributed by atoms with van der Waals surface area (Å²) in [6.07, 6.45) is 2.02. The predicted molar refractivity (Wildman–Crippen MR) is 159 cm³/mol. The molecule has 8 heteroatoms. The maximum Gasteiger partial charge on any atom is 0.230 e. The lowest BCUT2D eigenvalue weighted by Crippen LogP contribution is -2.46. The second-order valence-corrected chi connectivity index (χ2v) is 10.9. The highest BCUT2D eigenvalue weighted by Gasteiger charge is 2.20. The zero-order valence-corrected chi connectivity index (χ0v) is 24.0. The van der Waals surface area contributed by atoms with Crippen molar-refractivity contribution in [2.45, 2.75) is 33.6 Å². The standard InChI is InChI=1S/C31H32Cl2N4O2/c1-4-36-9-11-37(12-10-36)30-8-6-24(32)15-23(30)17-25(38)16-22-5-7-26(18-28(22)33)39-31-27-13-20(2)21(3)14-29(27)34-19-35-31/h5-8,13-15,18-19H,4,9-12,16-17H2,1-3H3. The third kappa shape index (κ3) is 6.35. The third-order valence-electron chi connectivity index (χ3n) is 7.43. The number of ether oxygens (including phenoxy) is 1. The van der Waals surface area contributed by atoms with Crippen LogP contribution in [-0.2, 0) is 17.6 Å². The summed E-state index contributed by atoms with van der Waals surface area (Å²) in [6.45, 7) is 11.2. The zero-order valence-electron chi connectivity index (χ0n) is 22.5. The van der Waals surface area contributed by atoms with E-state index in [9.17, 15) is 4.79 Å². The quantitative estimate of drug-likeness (QED) is 0.234. The molecule has 6 nitrogen and oxygen atoms in total. The first-order valence-corrected chi connectivity index (χ1v) is 14.0. The van der Waals surface area contributed by atoms with Crippen LogP contribution in [0.4, 0.5) is 5.69 Å². The van der Waals surface area contributed by atoms with E-state index in [4.69, 9.17) is 27.9 Å². The van der Waals surface area contributed by atoms with Crippen molar-refractivity contribution in [3.63, 3.8) is 0 Å². The van der Waals surface area contributed by atoms with E-state index < -0.39 is 0 Å². The fourth-order valence-electron chi connectivity index (χ4n) is 5.02. The number of likely N-dealkylation sites (N-methyl/N-ethyl adjacent to an activating group) is 1. The van der Waals surface area contributed by atoms with Gasteiger partial charge in [0, 0.05) is 54.8 Å². The van der Waals surface area contributed by atoms with Gasteiger partial charge in [0.15, 0.2) is 0 Å². The fourth-order valence-corrected chi connectivity index (χ4v) is 5.45. The third-order valence-corrected chi connectivity index (χ3v) is 8.02. The molecule has 0 amide bonds. The van der Waals surface area contributed by atoms with E-state index in [1.807, 2.05) is 49.4 Å². The number of carbonyl (C=O) groups is 1. The number of piperazine rings is 1. The molecule has 0 aliphatic carbocycles. The molecular weight excluding hydrogens is 531 g/mol. The Hall–Kier alpha value is -3.19. The minimum Gasteiger partial charge on any atom is -0.438 e. The summed E-state index contributed by atoms with van der Waals surface area (Å²) in [5.74, 6) is 1.10. The van der Waals surface area contributed by atoms with Gasteiger partial charge in [-0.2, -0.15) is 0 Å². The minimum atomic E-state index is 0.0777. The number of nitrogens with zero attached hydrogens (tertiary/aromatic N) is 4. The van der Waals surface area contributed by atoms with Crippen molar-refractivity contribution in [2.75, 3.05) is 37.6 Å². The van der Waals surface area contributed by atoms with Crippen molar-refractivity contribution in [3.05, 3.63) is 87.2 Å². The van der Waals surface area contributed by atoms with Gasteiger partial charge in [0.25, 0.3) is 0 Å². The summed E-state index contributed by atoms with van der Waals surface area (Å²) in [5.41, 5.74) is 5.92. The van der Waals surface area contributed by atoms with E-state index in [-0.39, 0.29) is 12.2 Å². The maximum atomic E-state index is 13.2. The highest BCUT2D eigenvalue weighted by molar-refractivity contribution is 6.31. The van der Waals surface area contributed by atoms with Crippen LogP contribution in [0.25, 0.3) is 10.9 Å². The lowest BCUT2D eigenvalue weighted by Gasteiger charge is -2.36. The second kappa shape index (κ2) is 11.9. The van der Waals surface area contributed by atoms with Gasteiger partial charge in [0.2, 0.25) is 5.88 Å². The number of aromatic nitrogens is 2. The van der Waals surface area contributed by atoms with E-state index in [2.05, 4.69) is 33.6 Å². The summed E-state index contributed by atoms with van der Waals surface area (Å²) < 4.78 is 6.09. The number of rotatable bonds is 8. The Kier molecular flexibility index (Phi) is 8.36. The molecule has 1 fully saturated rings. The van der Waals surface area contributed by atoms with Gasteiger partial charge >= 0.3 is 0 Å². The molecule has 0 N–H and O–H groups in total. The molecule has 0 unspecified atom stereocenters. The summed E-state index contributed by atoms with van der Waals surface area (Å²) in [5, 5.41) is 1.95. The summed E-state index contributed by atoms with van der Waals surface area (Å²) >= 11 is 12.9. The van der Waals surface area contributed by atoms with Crippen LogP contribution < -0.4 is 9.64 Å². The molecular formula is C31H32Cl2N4O2. The molecule has 0 atom stereocenters. The number of fused-ring (bicyclic) bond motifs is 1. The Labute approximate surface area is 239 Å². The first-order valence-electron chi connectivity index (χ1n) is 13.3. The first-order chi connectivity index (χ1) is 18.8. The van der Waals surface area contributed by atoms with Crippen LogP contribution >= 0.6 is 23.2 Å². The van der Waals surface area contributed by atoms with Crippen molar-refractivity contribution in [1.29, 1.82) is 0 Å². The fraction of sp³-hybridized carbons (Fsp3) is 0.323. The number of anilines is 1. The lowest BCUT2D eigenvalue weighted by molar-refractivity contribution is -0.117. The van der Waals surface area contributed by atoms with Gasteiger partial charge in [0.1, 0.15) is 17.9 Å². The molecule has 0 bridgehead atoms. The Bertz CT molecular complexity index is 1520. The number of ketones is 1. The number of hydrogen-bond acceptors (Lipinski definition) is 6. The van der Waals surface area contributed by atoms with Crippen LogP contribution in [0.15, 0.2) is 54.9 Å². The van der Waals surface area contributed by atoms with Crippen molar-refractivity contribution < 1.29 is 9.53 Å². The van der Waals surface area contributed by atoms with E-state index >= 15 is 0 Å². The molecule has 0 radical (unpaired) electrons. The topological polar surface area (TPSA) is 58.6 Å². The molecule has 1 aromatic heterocycles. The molecule has 0 spiro atoms. The summed E-state index contributed by atoms with van der Waals surface area (Å²) in [4.78, 5) is 26.7. The van der Waals surface area contributed by atoms with Gasteiger partial charge < -0.3 is 14.5 Å². The smallest absolute Gasteiger partial charge is 0.230 e. The summed E-state index contributed by atoms with van der Waals surface area (Å²) in [6, 6.07) is 15.3. The van der Waals surface area contributed by atoms with Gasteiger partial charge in [-0.15, -0.1) is 0 Å². The van der Waals surface area contributed by atoms with Gasteiger partial charge in [-0.1, -0.05) is 36.2 Å². The normalized spacial score (nSPS) is 14.1. The zero-order chi connectivity index (χ0) is 27.5. The lowest BCUT2D eigenvalue weighted by atomic mass is 10.0. The van der Waals surface area contributed by atoms with E-state index in [1.165, 1.54) is 6.33 Å². The van der Waals surface area contributed by atoms with Crippen LogP contribution in [0.3, 0.4) is 0 Å². The van der Waals surface area contributed by atoms with Crippen molar-refractivity contribution in [2.24, 2.45) is 0 Å². The van der Waals surface area contributed by atoms with Crippen molar-refractivity contribution >= 4 is 45.6 Å². The van der Waals surface area contributed by atoms with Gasteiger partial charge in [-0.3, -0.25) is 4.79 Å². The van der Waals surface area contributed by atoms with Gasteiger partial charge in [-0.05, 0) is 85.1 Å². The number of Topliss-reactive ketones (excluding diaryl/α,β-unsaturated/α-hetero) is 1. The predicted octanol–water partition coefficient (Wildman–Crippen LogP) is 6.84. The van der Waals surface area contributed by atoms with Gasteiger partial charge in [-0.25, -0.2) is 9.97 Å². The molecule has 202 valence electrons. The Balaban J connectivity index is 1.29. The number of carbonyl (C=O) groups excluding carboxylic acids is 1. The van der Waals surface area contributed by atoms with Gasteiger partial charge in [0.05, 0.1) is 10.9 Å². The molecule has 1 aliphatic rings. The van der Waals surface area contributed by atoms with Crippen LogP contribution in [-0.4, -0.2) is 53.4 Å². The average molecular weight is 564 g/mol. The van der Waals surface area contributed by atoms with E-state index in [1.54, 1.807) is 6.07 Å². The Morgan fingerprint density at radius 2 is 1.64 bits per heavy atom. The van der Waals surface area contributed by atoms with Crippen LogP contribution in [0, 0.1) is 13.8 Å². The van der Waals surface area contributed by atoms with Crippen molar-refractivity contribution in [1.82, 2.24) is 14.9 Å². The SMILES string of the molecule is CCN1CCN(c2ccc(Cl)cc2CC(=O)Cc2ccc(Oc3ncnc4cc(C)c(C)cc34)cc2Cl)CC1. The van der Waals surface area contributed by atoms with Crippen LogP contribution in [0.5, 0.6) is 11.6 Å². The highest BCUT2D eigenvalue weighted by atomic mass is 35.5. The minimum absolute atomic E-state index is 0.0777. The second-order valence-electron chi connectivity index (χ2n) is 10.1. The highest BCUT2D eigenvalue weighted by Crippen LogP contribution is 2.32. The molecule has 0 saturated carbocycles. The molecule has 2 heterocycles. The maximum absolute atomic E-state index is 13.2. The number of hydrogen-bond donors (Lipinski definition) is 0. The van der Waals surface area contributed by atoms with Crippen LogP contribution in [0.2, 0.25) is 10.0 Å².